The molecule has 1 aliphatic rings. The SMILES string of the molecule is CC(C)Nc1n[nH]c2c1CCCC2(C)C. The van der Waals surface area contributed by atoms with Crippen LogP contribution in [0.25, 0.3) is 0 Å². The Morgan fingerprint density at radius 1 is 1.40 bits per heavy atom. The number of anilines is 1. The van der Waals surface area contributed by atoms with Gasteiger partial charge in [-0.2, -0.15) is 5.10 Å². The van der Waals surface area contributed by atoms with Crippen LogP contribution in [0.2, 0.25) is 0 Å². The van der Waals surface area contributed by atoms with Gasteiger partial charge in [-0.05, 0) is 33.1 Å². The van der Waals surface area contributed by atoms with Gasteiger partial charge in [-0.15, -0.1) is 0 Å². The van der Waals surface area contributed by atoms with Crippen LogP contribution in [0.15, 0.2) is 0 Å². The van der Waals surface area contributed by atoms with Gasteiger partial charge in [0, 0.05) is 22.7 Å². The lowest BCUT2D eigenvalue weighted by molar-refractivity contribution is 0.420. The molecule has 0 fully saturated rings. The largest absolute Gasteiger partial charge is 0.366 e. The maximum atomic E-state index is 4.40. The Morgan fingerprint density at radius 2 is 2.13 bits per heavy atom. The standard InChI is InChI=1S/C12H21N3/c1-8(2)13-11-9-6-5-7-12(3,4)10(9)14-15-11/h8H,5-7H2,1-4H3,(H2,13,14,15). The highest BCUT2D eigenvalue weighted by Gasteiger charge is 2.31. The fourth-order valence-electron chi connectivity index (χ4n) is 2.39. The normalized spacial score (nSPS) is 19.0. The fraction of sp³-hybridized carbons (Fsp3) is 0.750. The average Bonchev–Trinajstić information content (AvgIpc) is 2.48. The summed E-state index contributed by atoms with van der Waals surface area (Å²) in [7, 11) is 0. The molecule has 0 saturated carbocycles. The van der Waals surface area contributed by atoms with Crippen molar-refractivity contribution < 1.29 is 0 Å². The molecule has 0 amide bonds. The minimum Gasteiger partial charge on any atom is -0.366 e. The molecule has 1 aliphatic carbocycles. The van der Waals surface area contributed by atoms with E-state index in [1.54, 1.807) is 0 Å². The second-order valence-electron chi connectivity index (χ2n) is 5.46. The van der Waals surface area contributed by atoms with Crippen LogP contribution >= 0.6 is 0 Å². The first-order valence-electron chi connectivity index (χ1n) is 5.85. The van der Waals surface area contributed by atoms with Crippen LogP contribution in [0.5, 0.6) is 0 Å². The summed E-state index contributed by atoms with van der Waals surface area (Å²) in [5, 5.41) is 11.0. The molecule has 15 heavy (non-hydrogen) atoms. The molecule has 0 saturated heterocycles. The third kappa shape index (κ3) is 1.87. The van der Waals surface area contributed by atoms with Crippen molar-refractivity contribution in [3.8, 4) is 0 Å². The number of fused-ring (bicyclic) bond motifs is 1. The number of aromatic amines is 1. The van der Waals surface area contributed by atoms with Crippen LogP contribution < -0.4 is 5.32 Å². The molecule has 84 valence electrons. The first kappa shape index (κ1) is 10.5. The van der Waals surface area contributed by atoms with Crippen molar-refractivity contribution in [1.29, 1.82) is 0 Å². The summed E-state index contributed by atoms with van der Waals surface area (Å²) in [5.41, 5.74) is 2.99. The summed E-state index contributed by atoms with van der Waals surface area (Å²) < 4.78 is 0. The van der Waals surface area contributed by atoms with Crippen molar-refractivity contribution in [2.75, 3.05) is 5.32 Å². The molecule has 1 aromatic rings. The Labute approximate surface area is 91.7 Å². The second-order valence-corrected chi connectivity index (χ2v) is 5.46. The third-order valence-electron chi connectivity index (χ3n) is 3.20. The summed E-state index contributed by atoms with van der Waals surface area (Å²) in [6, 6.07) is 0.447. The van der Waals surface area contributed by atoms with Crippen LogP contribution in [0.3, 0.4) is 0 Å². The Bertz CT molecular complexity index is 350. The van der Waals surface area contributed by atoms with Crippen molar-refractivity contribution in [3.05, 3.63) is 11.3 Å². The molecule has 0 atom stereocenters. The van der Waals surface area contributed by atoms with Gasteiger partial charge in [-0.3, -0.25) is 5.10 Å². The zero-order chi connectivity index (χ0) is 11.1. The van der Waals surface area contributed by atoms with Crippen LogP contribution in [0, 0.1) is 0 Å². The van der Waals surface area contributed by atoms with E-state index in [1.165, 1.54) is 24.1 Å². The highest BCUT2D eigenvalue weighted by atomic mass is 15.2. The van der Waals surface area contributed by atoms with Crippen molar-refractivity contribution in [3.63, 3.8) is 0 Å². The summed E-state index contributed by atoms with van der Waals surface area (Å²) in [6.07, 6.45) is 3.68. The molecule has 0 spiro atoms. The first-order valence-corrected chi connectivity index (χ1v) is 5.85. The smallest absolute Gasteiger partial charge is 0.151 e. The van der Waals surface area contributed by atoms with Crippen LogP contribution in [0.4, 0.5) is 5.82 Å². The predicted molar refractivity (Wildman–Crippen MR) is 63.3 cm³/mol. The molecule has 3 heteroatoms. The van der Waals surface area contributed by atoms with Gasteiger partial charge in [0.05, 0.1) is 0 Å². The Balaban J connectivity index is 2.34. The Morgan fingerprint density at radius 3 is 2.80 bits per heavy atom. The molecule has 0 aromatic carbocycles. The molecular formula is C12H21N3. The number of hydrogen-bond acceptors (Lipinski definition) is 2. The average molecular weight is 207 g/mol. The van der Waals surface area contributed by atoms with E-state index in [2.05, 4.69) is 43.2 Å². The number of H-pyrrole nitrogens is 1. The second kappa shape index (κ2) is 3.54. The number of aromatic nitrogens is 2. The van der Waals surface area contributed by atoms with Crippen molar-refractivity contribution in [1.82, 2.24) is 10.2 Å². The quantitative estimate of drug-likeness (QED) is 0.783. The number of nitrogens with one attached hydrogen (secondary N) is 2. The predicted octanol–water partition coefficient (Wildman–Crippen LogP) is 2.84. The zero-order valence-corrected chi connectivity index (χ0v) is 10.1. The molecule has 1 aromatic heterocycles. The highest BCUT2D eigenvalue weighted by molar-refractivity contribution is 5.50. The minimum atomic E-state index is 0.261. The Kier molecular flexibility index (Phi) is 2.49. The summed E-state index contributed by atoms with van der Waals surface area (Å²) >= 11 is 0. The number of nitrogens with zero attached hydrogens (tertiary/aromatic N) is 1. The van der Waals surface area contributed by atoms with E-state index in [-0.39, 0.29) is 5.41 Å². The molecule has 2 N–H and O–H groups in total. The van der Waals surface area contributed by atoms with Crippen molar-refractivity contribution in [2.45, 2.75) is 58.4 Å². The first-order chi connectivity index (χ1) is 7.00. The van der Waals surface area contributed by atoms with E-state index in [9.17, 15) is 0 Å². The topological polar surface area (TPSA) is 40.7 Å². The van der Waals surface area contributed by atoms with E-state index >= 15 is 0 Å². The van der Waals surface area contributed by atoms with Crippen LogP contribution in [0.1, 0.15) is 51.8 Å². The maximum absolute atomic E-state index is 4.40. The zero-order valence-electron chi connectivity index (χ0n) is 10.1. The van der Waals surface area contributed by atoms with Gasteiger partial charge in [-0.25, -0.2) is 0 Å². The molecule has 3 nitrogen and oxygen atoms in total. The van der Waals surface area contributed by atoms with Crippen LogP contribution in [-0.4, -0.2) is 16.2 Å². The van der Waals surface area contributed by atoms with Gasteiger partial charge in [0.1, 0.15) is 0 Å². The lowest BCUT2D eigenvalue weighted by Crippen LogP contribution is -2.24. The highest BCUT2D eigenvalue weighted by Crippen LogP contribution is 2.38. The third-order valence-corrected chi connectivity index (χ3v) is 3.20. The van der Waals surface area contributed by atoms with Gasteiger partial charge in [0.25, 0.3) is 0 Å². The molecule has 1 heterocycles. The lowest BCUT2D eigenvalue weighted by Gasteiger charge is -2.29. The maximum Gasteiger partial charge on any atom is 0.151 e. The molecule has 2 rings (SSSR count). The lowest BCUT2D eigenvalue weighted by atomic mass is 9.76. The van der Waals surface area contributed by atoms with E-state index in [0.717, 1.165) is 12.2 Å². The fourth-order valence-corrected chi connectivity index (χ4v) is 2.39. The summed E-state index contributed by atoms with van der Waals surface area (Å²) in [6.45, 7) is 8.88. The monoisotopic (exact) mass is 207 g/mol. The molecule has 0 unspecified atom stereocenters. The molecule has 0 aliphatic heterocycles. The molecular weight excluding hydrogens is 186 g/mol. The Hall–Kier alpha value is -0.990. The van der Waals surface area contributed by atoms with E-state index in [4.69, 9.17) is 0 Å². The van der Waals surface area contributed by atoms with Crippen LogP contribution in [-0.2, 0) is 11.8 Å². The van der Waals surface area contributed by atoms with E-state index in [1.807, 2.05) is 0 Å². The van der Waals surface area contributed by atoms with Gasteiger partial charge in [0.15, 0.2) is 5.82 Å². The van der Waals surface area contributed by atoms with E-state index < -0.39 is 0 Å². The van der Waals surface area contributed by atoms with Gasteiger partial charge in [0.2, 0.25) is 0 Å². The van der Waals surface area contributed by atoms with Gasteiger partial charge >= 0.3 is 0 Å². The van der Waals surface area contributed by atoms with Crippen molar-refractivity contribution >= 4 is 5.82 Å². The number of hydrogen-bond donors (Lipinski definition) is 2. The van der Waals surface area contributed by atoms with Crippen molar-refractivity contribution in [2.24, 2.45) is 0 Å². The summed E-state index contributed by atoms with van der Waals surface area (Å²) in [4.78, 5) is 0. The summed E-state index contributed by atoms with van der Waals surface area (Å²) in [5.74, 6) is 1.06. The van der Waals surface area contributed by atoms with E-state index in [0.29, 0.717) is 6.04 Å². The minimum absolute atomic E-state index is 0.261. The molecule has 0 radical (unpaired) electrons. The van der Waals surface area contributed by atoms with Gasteiger partial charge in [-0.1, -0.05) is 13.8 Å². The number of rotatable bonds is 2. The molecule has 0 bridgehead atoms. The van der Waals surface area contributed by atoms with Gasteiger partial charge < -0.3 is 5.32 Å².